The standard InChI is InChI=1S/C19H21N7O.2ClH/c1-9-6-12(16-10(2)25-26-17(16)21-9)18(27)24-19-20-8-13-14-5-3-4-11(22-14)7-15(13)23-19;;/h6,8,11,14,22H,3-5,7H2,1-2H3,(H,21,25,26)(H,20,23,24,27);2*1H. The molecule has 10 heteroatoms. The highest BCUT2D eigenvalue weighted by atomic mass is 35.5. The third-order valence-electron chi connectivity index (χ3n) is 5.50. The molecule has 0 saturated carbocycles. The van der Waals surface area contributed by atoms with Crippen molar-refractivity contribution >= 4 is 47.7 Å². The number of hydrogen-bond acceptors (Lipinski definition) is 6. The average Bonchev–Trinajstić information content (AvgIpc) is 3.01. The molecule has 0 radical (unpaired) electrons. The van der Waals surface area contributed by atoms with Crippen LogP contribution in [-0.2, 0) is 6.42 Å². The molecule has 1 amide bonds. The molecule has 0 aromatic carbocycles. The Labute approximate surface area is 180 Å². The fourth-order valence-electron chi connectivity index (χ4n) is 4.25. The predicted molar refractivity (Wildman–Crippen MR) is 115 cm³/mol. The van der Waals surface area contributed by atoms with Crippen LogP contribution < -0.4 is 10.6 Å². The zero-order chi connectivity index (χ0) is 18.5. The number of halogens is 2. The van der Waals surface area contributed by atoms with Gasteiger partial charge in [-0.3, -0.25) is 15.2 Å². The molecule has 2 bridgehead atoms. The number of fused-ring (bicyclic) bond motifs is 5. The fourth-order valence-corrected chi connectivity index (χ4v) is 4.25. The zero-order valence-electron chi connectivity index (χ0n) is 16.2. The van der Waals surface area contributed by atoms with Gasteiger partial charge in [-0.25, -0.2) is 15.0 Å². The van der Waals surface area contributed by atoms with Crippen molar-refractivity contribution < 1.29 is 4.79 Å². The van der Waals surface area contributed by atoms with Gasteiger partial charge in [0, 0.05) is 41.7 Å². The van der Waals surface area contributed by atoms with E-state index in [1.54, 1.807) is 6.07 Å². The molecular weight excluding hydrogens is 413 g/mol. The number of aromatic amines is 1. The molecule has 2 aliphatic heterocycles. The molecule has 3 aromatic rings. The minimum absolute atomic E-state index is 0. The van der Waals surface area contributed by atoms with Gasteiger partial charge in [-0.1, -0.05) is 0 Å². The second-order valence-corrected chi connectivity index (χ2v) is 7.46. The van der Waals surface area contributed by atoms with Gasteiger partial charge in [-0.15, -0.1) is 24.8 Å². The number of amides is 1. The Morgan fingerprint density at radius 2 is 2.03 bits per heavy atom. The maximum atomic E-state index is 12.9. The SMILES string of the molecule is Cc1cc(C(=O)Nc2ncc3c(n2)CC2CCCC3N2)c2c(C)[nH]nc2n1.Cl.Cl. The van der Waals surface area contributed by atoms with Crippen LogP contribution in [0.2, 0.25) is 0 Å². The summed E-state index contributed by atoms with van der Waals surface area (Å²) in [5.41, 5.74) is 4.84. The first-order chi connectivity index (χ1) is 13.1. The molecule has 3 N–H and O–H groups in total. The van der Waals surface area contributed by atoms with Crippen molar-refractivity contribution in [3.05, 3.63) is 40.5 Å². The molecule has 2 atom stereocenters. The molecule has 0 spiro atoms. The molecule has 5 rings (SSSR count). The van der Waals surface area contributed by atoms with E-state index in [4.69, 9.17) is 0 Å². The number of nitrogens with one attached hydrogen (secondary N) is 3. The third-order valence-corrected chi connectivity index (χ3v) is 5.50. The van der Waals surface area contributed by atoms with Gasteiger partial charge in [-0.2, -0.15) is 5.10 Å². The second-order valence-electron chi connectivity index (χ2n) is 7.46. The van der Waals surface area contributed by atoms with Crippen molar-refractivity contribution in [1.82, 2.24) is 30.5 Å². The maximum absolute atomic E-state index is 12.9. The van der Waals surface area contributed by atoms with Gasteiger partial charge in [0.1, 0.15) is 0 Å². The van der Waals surface area contributed by atoms with E-state index in [-0.39, 0.29) is 30.7 Å². The summed E-state index contributed by atoms with van der Waals surface area (Å²) in [4.78, 5) is 26.3. The molecule has 2 unspecified atom stereocenters. The van der Waals surface area contributed by atoms with E-state index in [1.165, 1.54) is 12.8 Å². The van der Waals surface area contributed by atoms with Crippen molar-refractivity contribution in [2.24, 2.45) is 0 Å². The molecule has 8 nitrogen and oxygen atoms in total. The highest BCUT2D eigenvalue weighted by Crippen LogP contribution is 2.33. The number of hydrogen-bond donors (Lipinski definition) is 3. The monoisotopic (exact) mass is 435 g/mol. The molecule has 1 fully saturated rings. The summed E-state index contributed by atoms with van der Waals surface area (Å²) in [6.07, 6.45) is 6.27. The molecule has 0 aliphatic carbocycles. The zero-order valence-corrected chi connectivity index (χ0v) is 17.8. The molecule has 29 heavy (non-hydrogen) atoms. The second kappa shape index (κ2) is 8.22. The topological polar surface area (TPSA) is 108 Å². The summed E-state index contributed by atoms with van der Waals surface area (Å²) in [7, 11) is 0. The van der Waals surface area contributed by atoms with Crippen LogP contribution in [0.3, 0.4) is 0 Å². The van der Waals surface area contributed by atoms with Crippen LogP contribution in [0.1, 0.15) is 58.3 Å². The lowest BCUT2D eigenvalue weighted by molar-refractivity contribution is 0.102. The lowest BCUT2D eigenvalue weighted by atomic mass is 9.85. The highest BCUT2D eigenvalue weighted by molar-refractivity contribution is 6.12. The van der Waals surface area contributed by atoms with E-state index in [0.29, 0.717) is 29.2 Å². The van der Waals surface area contributed by atoms with Gasteiger partial charge in [0.15, 0.2) is 5.65 Å². The molecular formula is C19H23Cl2N7O. The first-order valence-corrected chi connectivity index (χ1v) is 9.34. The number of carbonyl (C=O) groups excluding carboxylic acids is 1. The summed E-state index contributed by atoms with van der Waals surface area (Å²) < 4.78 is 0. The van der Waals surface area contributed by atoms with E-state index < -0.39 is 0 Å². The summed E-state index contributed by atoms with van der Waals surface area (Å²) in [5, 5.41) is 14.3. The minimum Gasteiger partial charge on any atom is -0.307 e. The van der Waals surface area contributed by atoms with E-state index in [9.17, 15) is 4.79 Å². The smallest absolute Gasteiger partial charge is 0.258 e. The number of rotatable bonds is 2. The van der Waals surface area contributed by atoms with Gasteiger partial charge in [-0.05, 0) is 39.2 Å². The van der Waals surface area contributed by atoms with Crippen molar-refractivity contribution in [1.29, 1.82) is 0 Å². The van der Waals surface area contributed by atoms with Gasteiger partial charge < -0.3 is 5.32 Å². The third kappa shape index (κ3) is 3.80. The van der Waals surface area contributed by atoms with Crippen molar-refractivity contribution in [2.75, 3.05) is 5.32 Å². The van der Waals surface area contributed by atoms with Gasteiger partial charge in [0.25, 0.3) is 5.91 Å². The summed E-state index contributed by atoms with van der Waals surface area (Å²) in [6.45, 7) is 3.73. The first-order valence-electron chi connectivity index (χ1n) is 9.34. The average molecular weight is 436 g/mol. The number of carbonyl (C=O) groups is 1. The van der Waals surface area contributed by atoms with Gasteiger partial charge in [0.05, 0.1) is 16.6 Å². The quantitative estimate of drug-likeness (QED) is 0.570. The van der Waals surface area contributed by atoms with E-state index >= 15 is 0 Å². The Bertz CT molecular complexity index is 1070. The van der Waals surface area contributed by atoms with E-state index in [2.05, 4.69) is 35.8 Å². The van der Waals surface area contributed by atoms with Gasteiger partial charge >= 0.3 is 0 Å². The molecule has 5 heterocycles. The van der Waals surface area contributed by atoms with Crippen LogP contribution in [0.15, 0.2) is 12.3 Å². The van der Waals surface area contributed by atoms with Crippen molar-refractivity contribution in [2.45, 2.75) is 51.6 Å². The molecule has 2 aliphatic rings. The summed E-state index contributed by atoms with van der Waals surface area (Å²) in [5.74, 6) is 0.103. The molecule has 3 aromatic heterocycles. The van der Waals surface area contributed by atoms with Crippen LogP contribution >= 0.6 is 24.8 Å². The number of nitrogens with zero attached hydrogens (tertiary/aromatic N) is 4. The van der Waals surface area contributed by atoms with E-state index in [0.717, 1.165) is 40.9 Å². The minimum atomic E-state index is -0.246. The van der Waals surface area contributed by atoms with Crippen molar-refractivity contribution in [3.63, 3.8) is 0 Å². The van der Waals surface area contributed by atoms with Crippen LogP contribution in [-0.4, -0.2) is 37.1 Å². The predicted octanol–water partition coefficient (Wildman–Crippen LogP) is 3.20. The number of H-pyrrole nitrogens is 1. The Hall–Kier alpha value is -2.29. The summed E-state index contributed by atoms with van der Waals surface area (Å²) >= 11 is 0. The van der Waals surface area contributed by atoms with Crippen LogP contribution in [0.5, 0.6) is 0 Å². The van der Waals surface area contributed by atoms with Gasteiger partial charge in [0.2, 0.25) is 5.95 Å². The molecule has 154 valence electrons. The largest absolute Gasteiger partial charge is 0.307 e. The lowest BCUT2D eigenvalue weighted by Gasteiger charge is -2.36. The van der Waals surface area contributed by atoms with E-state index in [1.807, 2.05) is 20.0 Å². The van der Waals surface area contributed by atoms with Crippen molar-refractivity contribution in [3.8, 4) is 0 Å². The Kier molecular flexibility index (Phi) is 6.07. The Morgan fingerprint density at radius 3 is 2.86 bits per heavy atom. The summed E-state index contributed by atoms with van der Waals surface area (Å²) in [6, 6.07) is 2.59. The first kappa shape index (κ1) is 21.4. The fraction of sp³-hybridized carbons (Fsp3) is 0.421. The Morgan fingerprint density at radius 1 is 1.21 bits per heavy atom. The number of pyridine rings is 1. The number of anilines is 1. The van der Waals surface area contributed by atoms with Crippen LogP contribution in [0.4, 0.5) is 5.95 Å². The Balaban J connectivity index is 0.00000120. The van der Waals surface area contributed by atoms with Crippen LogP contribution in [0, 0.1) is 13.8 Å². The number of piperidine rings is 1. The highest BCUT2D eigenvalue weighted by Gasteiger charge is 2.31. The number of aryl methyl sites for hydroxylation is 2. The molecule has 1 saturated heterocycles. The maximum Gasteiger partial charge on any atom is 0.258 e. The van der Waals surface area contributed by atoms with Crippen LogP contribution in [0.25, 0.3) is 11.0 Å². The normalized spacial score (nSPS) is 19.7. The number of aromatic nitrogens is 5. The lowest BCUT2D eigenvalue weighted by Crippen LogP contribution is -2.43.